The highest BCUT2D eigenvalue weighted by Crippen LogP contribution is 2.20. The molecule has 2 aromatic carbocycles. The van der Waals surface area contributed by atoms with Crippen LogP contribution in [-0.4, -0.2) is 0 Å². The van der Waals surface area contributed by atoms with E-state index in [4.69, 9.17) is 0 Å². The van der Waals surface area contributed by atoms with Gasteiger partial charge in [-0.2, -0.15) is 0 Å². The van der Waals surface area contributed by atoms with Crippen LogP contribution in [-0.2, 0) is 6.67 Å². The topological polar surface area (TPSA) is 0 Å². The molecule has 0 nitrogen and oxygen atoms in total. The van der Waals surface area contributed by atoms with Gasteiger partial charge in [0.25, 0.3) is 0 Å². The van der Waals surface area contributed by atoms with Crippen LogP contribution < -0.4 is 0 Å². The van der Waals surface area contributed by atoms with Gasteiger partial charge in [-0.05, 0) is 23.6 Å². The molecule has 0 aliphatic heterocycles. The zero-order chi connectivity index (χ0) is 10.7. The lowest BCUT2D eigenvalue weighted by atomic mass is 10.0. The van der Waals surface area contributed by atoms with Gasteiger partial charge in [-0.25, -0.2) is 4.39 Å². The molecular formula is C14H13F. The zero-order valence-corrected chi connectivity index (χ0v) is 8.70. The minimum atomic E-state index is -0.395. The van der Waals surface area contributed by atoms with E-state index in [0.29, 0.717) is 0 Å². The molecule has 0 heterocycles. The molecule has 0 N–H and O–H groups in total. The van der Waals surface area contributed by atoms with Crippen molar-refractivity contribution in [1.82, 2.24) is 0 Å². The molecule has 0 aliphatic rings. The second-order valence-electron chi connectivity index (χ2n) is 3.70. The minimum Gasteiger partial charge on any atom is -0.246 e. The maximum absolute atomic E-state index is 12.3. The summed E-state index contributed by atoms with van der Waals surface area (Å²) in [4.78, 5) is 0. The molecule has 0 aliphatic carbocycles. The Morgan fingerprint density at radius 2 is 1.27 bits per heavy atom. The van der Waals surface area contributed by atoms with Gasteiger partial charge in [0, 0.05) is 0 Å². The fourth-order valence-electron chi connectivity index (χ4n) is 1.53. The lowest BCUT2D eigenvalue weighted by molar-refractivity contribution is 0.485. The molecule has 0 saturated heterocycles. The number of hydrogen-bond acceptors (Lipinski definition) is 0. The molecule has 1 heteroatoms. The summed E-state index contributed by atoms with van der Waals surface area (Å²) in [6.45, 7) is 1.67. The number of aryl methyl sites for hydroxylation is 1. The van der Waals surface area contributed by atoms with E-state index in [1.165, 1.54) is 11.1 Å². The monoisotopic (exact) mass is 200 g/mol. The highest BCUT2D eigenvalue weighted by atomic mass is 19.1. The standard InChI is InChI=1S/C14H13F/c1-11-2-6-13(7-3-11)14-8-4-12(10-15)5-9-14/h2-9H,10H2,1H3. The zero-order valence-electron chi connectivity index (χ0n) is 8.70. The average molecular weight is 200 g/mol. The SMILES string of the molecule is Cc1ccc(-c2ccc(CF)cc2)cc1. The van der Waals surface area contributed by atoms with Gasteiger partial charge < -0.3 is 0 Å². The lowest BCUT2D eigenvalue weighted by Crippen LogP contribution is -1.81. The van der Waals surface area contributed by atoms with Crippen molar-refractivity contribution in [2.75, 3.05) is 0 Å². The predicted molar refractivity (Wildman–Crippen MR) is 61.4 cm³/mol. The molecule has 0 atom stereocenters. The smallest absolute Gasteiger partial charge is 0.115 e. The maximum Gasteiger partial charge on any atom is 0.115 e. The first-order valence-electron chi connectivity index (χ1n) is 5.01. The molecule has 76 valence electrons. The summed E-state index contributed by atoms with van der Waals surface area (Å²) in [6, 6.07) is 15.9. The van der Waals surface area contributed by atoms with Crippen molar-refractivity contribution >= 4 is 0 Å². The van der Waals surface area contributed by atoms with Crippen LogP contribution in [0.3, 0.4) is 0 Å². The summed E-state index contributed by atoms with van der Waals surface area (Å²) < 4.78 is 12.3. The highest BCUT2D eigenvalue weighted by molar-refractivity contribution is 5.63. The Morgan fingerprint density at radius 3 is 1.73 bits per heavy atom. The number of hydrogen-bond donors (Lipinski definition) is 0. The molecule has 0 unspecified atom stereocenters. The highest BCUT2D eigenvalue weighted by Gasteiger charge is 1.97. The van der Waals surface area contributed by atoms with Crippen molar-refractivity contribution < 1.29 is 4.39 Å². The fourth-order valence-corrected chi connectivity index (χ4v) is 1.53. The Bertz CT molecular complexity index is 426. The predicted octanol–water partition coefficient (Wildman–Crippen LogP) is 4.13. The number of rotatable bonds is 2. The summed E-state index contributed by atoms with van der Waals surface area (Å²) in [5.41, 5.74) is 4.28. The van der Waals surface area contributed by atoms with E-state index < -0.39 is 6.67 Å². The molecule has 0 saturated carbocycles. The van der Waals surface area contributed by atoms with E-state index in [-0.39, 0.29) is 0 Å². The molecule has 0 spiro atoms. The van der Waals surface area contributed by atoms with Crippen molar-refractivity contribution in [3.05, 3.63) is 59.7 Å². The third-order valence-corrected chi connectivity index (χ3v) is 2.49. The first-order valence-corrected chi connectivity index (χ1v) is 5.01. The van der Waals surface area contributed by atoms with E-state index in [2.05, 4.69) is 31.2 Å². The Balaban J connectivity index is 2.33. The van der Waals surface area contributed by atoms with Crippen LogP contribution >= 0.6 is 0 Å². The van der Waals surface area contributed by atoms with Gasteiger partial charge in [0.15, 0.2) is 0 Å². The molecule has 0 bridgehead atoms. The molecule has 2 rings (SSSR count). The second kappa shape index (κ2) is 4.26. The molecule has 0 radical (unpaired) electrons. The van der Waals surface area contributed by atoms with Crippen LogP contribution in [0.15, 0.2) is 48.5 Å². The van der Waals surface area contributed by atoms with E-state index in [0.717, 1.165) is 11.1 Å². The van der Waals surface area contributed by atoms with Gasteiger partial charge in [0.1, 0.15) is 6.67 Å². The maximum atomic E-state index is 12.3. The van der Waals surface area contributed by atoms with Gasteiger partial charge >= 0.3 is 0 Å². The van der Waals surface area contributed by atoms with E-state index in [1.54, 1.807) is 0 Å². The lowest BCUT2D eigenvalue weighted by Gasteiger charge is -2.02. The van der Waals surface area contributed by atoms with Crippen molar-refractivity contribution in [3.8, 4) is 11.1 Å². The first kappa shape index (κ1) is 9.91. The summed E-state index contributed by atoms with van der Waals surface area (Å²) in [6.07, 6.45) is 0. The molecule has 2 aromatic rings. The Hall–Kier alpha value is -1.63. The molecule has 15 heavy (non-hydrogen) atoms. The average Bonchev–Trinajstić information content (AvgIpc) is 2.30. The Kier molecular flexibility index (Phi) is 2.82. The van der Waals surface area contributed by atoms with Crippen LogP contribution in [0.2, 0.25) is 0 Å². The fraction of sp³-hybridized carbons (Fsp3) is 0.143. The minimum absolute atomic E-state index is 0.395. The quantitative estimate of drug-likeness (QED) is 0.683. The van der Waals surface area contributed by atoms with Gasteiger partial charge in [-0.15, -0.1) is 0 Å². The summed E-state index contributed by atoms with van der Waals surface area (Å²) >= 11 is 0. The molecular weight excluding hydrogens is 187 g/mol. The molecule has 0 aromatic heterocycles. The second-order valence-corrected chi connectivity index (χ2v) is 3.70. The van der Waals surface area contributed by atoms with Crippen LogP contribution in [0.4, 0.5) is 4.39 Å². The third kappa shape index (κ3) is 2.24. The van der Waals surface area contributed by atoms with Crippen LogP contribution in [0.5, 0.6) is 0 Å². The van der Waals surface area contributed by atoms with Gasteiger partial charge in [-0.1, -0.05) is 54.1 Å². The van der Waals surface area contributed by atoms with Gasteiger partial charge in [0.05, 0.1) is 0 Å². The summed E-state index contributed by atoms with van der Waals surface area (Å²) in [5, 5.41) is 0. The number of benzene rings is 2. The van der Waals surface area contributed by atoms with Crippen LogP contribution in [0.1, 0.15) is 11.1 Å². The van der Waals surface area contributed by atoms with Crippen LogP contribution in [0.25, 0.3) is 11.1 Å². The summed E-state index contributed by atoms with van der Waals surface area (Å²) in [7, 11) is 0. The third-order valence-electron chi connectivity index (χ3n) is 2.49. The van der Waals surface area contributed by atoms with E-state index in [1.807, 2.05) is 24.3 Å². The number of alkyl halides is 1. The van der Waals surface area contributed by atoms with Gasteiger partial charge in [0.2, 0.25) is 0 Å². The molecule has 0 fully saturated rings. The first-order chi connectivity index (χ1) is 7.29. The largest absolute Gasteiger partial charge is 0.246 e. The van der Waals surface area contributed by atoms with Crippen LogP contribution in [0, 0.1) is 6.92 Å². The van der Waals surface area contributed by atoms with Gasteiger partial charge in [-0.3, -0.25) is 0 Å². The Morgan fingerprint density at radius 1 is 0.800 bits per heavy atom. The van der Waals surface area contributed by atoms with Crippen molar-refractivity contribution in [2.24, 2.45) is 0 Å². The van der Waals surface area contributed by atoms with E-state index in [9.17, 15) is 4.39 Å². The molecule has 0 amide bonds. The van der Waals surface area contributed by atoms with E-state index >= 15 is 0 Å². The normalized spacial score (nSPS) is 10.3. The van der Waals surface area contributed by atoms with Crippen molar-refractivity contribution in [1.29, 1.82) is 0 Å². The van der Waals surface area contributed by atoms with Crippen molar-refractivity contribution in [3.63, 3.8) is 0 Å². The Labute approximate surface area is 89.4 Å². The summed E-state index contributed by atoms with van der Waals surface area (Å²) in [5.74, 6) is 0. The number of halogens is 1. The van der Waals surface area contributed by atoms with Crippen molar-refractivity contribution in [2.45, 2.75) is 13.6 Å².